The summed E-state index contributed by atoms with van der Waals surface area (Å²) in [5.41, 5.74) is 0.778. The zero-order chi connectivity index (χ0) is 20.5. The third kappa shape index (κ3) is 7.65. The molecule has 1 N–H and O–H groups in total. The number of carbonyl (C=O) groups is 1. The summed E-state index contributed by atoms with van der Waals surface area (Å²) in [7, 11) is -0.161. The molecule has 1 aromatic carbocycles. The number of nitrogens with one attached hydrogen (secondary N) is 1. The number of methoxy groups -OCH3 is 1. The van der Waals surface area contributed by atoms with Gasteiger partial charge in [-0.1, -0.05) is 32.6 Å². The molecule has 0 aliphatic carbocycles. The van der Waals surface area contributed by atoms with E-state index in [-0.39, 0.29) is 11.0 Å². The first-order chi connectivity index (χ1) is 12.6. The lowest BCUT2D eigenvalue weighted by atomic mass is 10.2. The van der Waals surface area contributed by atoms with E-state index in [4.69, 9.17) is 13.9 Å². The van der Waals surface area contributed by atoms with Crippen LogP contribution in [0.15, 0.2) is 24.3 Å². The standard InChI is InChI=1S/C21H33NO4Si/c1-8-25-20(23)19(22-17-12-14-18(24-5)15-13-17)11-9-10-16-26-27(6,7)21(2,3)4/h12-15,19,22H,8,10,16H2,1-7H3/t19-/m0/s1. The van der Waals surface area contributed by atoms with E-state index in [0.29, 0.717) is 19.6 Å². The number of ether oxygens (including phenoxy) is 2. The number of carbonyl (C=O) groups excluding carboxylic acids is 1. The van der Waals surface area contributed by atoms with E-state index in [0.717, 1.165) is 11.4 Å². The van der Waals surface area contributed by atoms with E-state index in [1.807, 2.05) is 24.3 Å². The van der Waals surface area contributed by atoms with Crippen molar-refractivity contribution < 1.29 is 18.7 Å². The summed E-state index contributed by atoms with van der Waals surface area (Å²) in [5.74, 6) is 6.39. The van der Waals surface area contributed by atoms with Crippen molar-refractivity contribution in [2.24, 2.45) is 0 Å². The van der Waals surface area contributed by atoms with Gasteiger partial charge in [-0.2, -0.15) is 0 Å². The van der Waals surface area contributed by atoms with Crippen LogP contribution in [0.5, 0.6) is 5.75 Å². The van der Waals surface area contributed by atoms with E-state index >= 15 is 0 Å². The Bertz CT molecular complexity index is 653. The second kappa shape index (κ2) is 10.4. The Morgan fingerprint density at radius 2 is 1.85 bits per heavy atom. The number of hydrogen-bond acceptors (Lipinski definition) is 5. The molecule has 1 atom stereocenters. The molecule has 0 aliphatic heterocycles. The Morgan fingerprint density at radius 1 is 1.22 bits per heavy atom. The smallest absolute Gasteiger partial charge is 0.341 e. The van der Waals surface area contributed by atoms with Crippen molar-refractivity contribution in [1.82, 2.24) is 0 Å². The van der Waals surface area contributed by atoms with E-state index < -0.39 is 14.4 Å². The maximum absolute atomic E-state index is 12.2. The van der Waals surface area contributed by atoms with Gasteiger partial charge in [-0.05, 0) is 49.3 Å². The second-order valence-electron chi connectivity index (χ2n) is 7.74. The van der Waals surface area contributed by atoms with Gasteiger partial charge in [-0.15, -0.1) is 0 Å². The largest absolute Gasteiger partial charge is 0.497 e. The molecule has 1 aromatic rings. The van der Waals surface area contributed by atoms with E-state index in [1.165, 1.54) is 0 Å². The highest BCUT2D eigenvalue weighted by Crippen LogP contribution is 2.36. The number of anilines is 1. The highest BCUT2D eigenvalue weighted by atomic mass is 28.4. The van der Waals surface area contributed by atoms with Crippen LogP contribution in [0.3, 0.4) is 0 Å². The molecule has 0 radical (unpaired) electrons. The molecule has 0 heterocycles. The van der Waals surface area contributed by atoms with Gasteiger partial charge in [0, 0.05) is 18.7 Å². The van der Waals surface area contributed by atoms with Crippen LogP contribution in [0.1, 0.15) is 34.1 Å². The lowest BCUT2D eigenvalue weighted by molar-refractivity contribution is -0.142. The van der Waals surface area contributed by atoms with Crippen molar-refractivity contribution >= 4 is 20.0 Å². The van der Waals surface area contributed by atoms with Gasteiger partial charge in [0.1, 0.15) is 5.75 Å². The quantitative estimate of drug-likeness (QED) is 0.307. The summed E-state index contributed by atoms with van der Waals surface area (Å²) in [6, 6.07) is 6.61. The Balaban J connectivity index is 2.70. The molecule has 0 amide bonds. The first kappa shape index (κ1) is 23.1. The third-order valence-electron chi connectivity index (χ3n) is 4.67. The number of esters is 1. The van der Waals surface area contributed by atoms with Gasteiger partial charge in [0.05, 0.1) is 13.7 Å². The van der Waals surface area contributed by atoms with Crippen LogP contribution < -0.4 is 10.1 Å². The lowest BCUT2D eigenvalue weighted by Crippen LogP contribution is -2.40. The van der Waals surface area contributed by atoms with Crippen LogP contribution in [0, 0.1) is 11.8 Å². The SMILES string of the molecule is CCOC(=O)[C@H](C#CCCO[Si](C)(C)C(C)(C)C)Nc1ccc(OC)cc1. The maximum Gasteiger partial charge on any atom is 0.341 e. The summed E-state index contributed by atoms with van der Waals surface area (Å²) in [6.07, 6.45) is 0.576. The van der Waals surface area contributed by atoms with E-state index in [2.05, 4.69) is 51.0 Å². The average molecular weight is 392 g/mol. The highest BCUT2D eigenvalue weighted by Gasteiger charge is 2.36. The minimum Gasteiger partial charge on any atom is -0.497 e. The monoisotopic (exact) mass is 391 g/mol. The van der Waals surface area contributed by atoms with Gasteiger partial charge >= 0.3 is 5.97 Å². The summed E-state index contributed by atoms with van der Waals surface area (Å²) in [6.45, 7) is 13.7. The highest BCUT2D eigenvalue weighted by molar-refractivity contribution is 6.74. The third-order valence-corrected chi connectivity index (χ3v) is 9.20. The molecule has 0 saturated heterocycles. The van der Waals surface area contributed by atoms with Gasteiger partial charge in [0.25, 0.3) is 0 Å². The zero-order valence-electron chi connectivity index (χ0n) is 17.6. The van der Waals surface area contributed by atoms with Crippen LogP contribution in [-0.2, 0) is 14.0 Å². The minimum absolute atomic E-state index is 0.170. The molecule has 150 valence electrons. The molecule has 0 aliphatic rings. The van der Waals surface area contributed by atoms with Crippen molar-refractivity contribution in [2.45, 2.75) is 58.3 Å². The van der Waals surface area contributed by atoms with Gasteiger partial charge < -0.3 is 19.2 Å². The van der Waals surface area contributed by atoms with E-state index in [1.54, 1.807) is 14.0 Å². The van der Waals surface area contributed by atoms with Gasteiger partial charge in [0.2, 0.25) is 0 Å². The molecule has 0 unspecified atom stereocenters. The van der Waals surface area contributed by atoms with Crippen molar-refractivity contribution in [3.8, 4) is 17.6 Å². The van der Waals surface area contributed by atoms with Crippen LogP contribution >= 0.6 is 0 Å². The number of rotatable bonds is 8. The molecular formula is C21H33NO4Si. The fourth-order valence-corrected chi connectivity index (χ4v) is 3.03. The predicted molar refractivity (Wildman–Crippen MR) is 113 cm³/mol. The summed E-state index contributed by atoms with van der Waals surface area (Å²) in [4.78, 5) is 12.2. The van der Waals surface area contributed by atoms with Crippen LogP contribution in [-0.4, -0.2) is 40.7 Å². The van der Waals surface area contributed by atoms with E-state index in [9.17, 15) is 4.79 Å². The molecule has 0 fully saturated rings. The van der Waals surface area contributed by atoms with Crippen molar-refractivity contribution in [1.29, 1.82) is 0 Å². The fourth-order valence-electron chi connectivity index (χ4n) is 1.98. The lowest BCUT2D eigenvalue weighted by Gasteiger charge is -2.35. The molecule has 0 aromatic heterocycles. The fraction of sp³-hybridized carbons (Fsp3) is 0.571. The number of benzene rings is 1. The summed E-state index contributed by atoms with van der Waals surface area (Å²) in [5, 5.41) is 3.28. The zero-order valence-corrected chi connectivity index (χ0v) is 18.6. The summed E-state index contributed by atoms with van der Waals surface area (Å²) < 4.78 is 16.4. The average Bonchev–Trinajstić information content (AvgIpc) is 2.60. The predicted octanol–water partition coefficient (Wildman–Crippen LogP) is 4.45. The van der Waals surface area contributed by atoms with Crippen molar-refractivity contribution in [3.05, 3.63) is 24.3 Å². The molecule has 1 rings (SSSR count). The van der Waals surface area contributed by atoms with Crippen LogP contribution in [0.25, 0.3) is 0 Å². The molecule has 0 spiro atoms. The van der Waals surface area contributed by atoms with Crippen molar-refractivity contribution in [2.75, 3.05) is 25.6 Å². The Kier molecular flexibility index (Phi) is 8.87. The topological polar surface area (TPSA) is 56.8 Å². The normalized spacial score (nSPS) is 12.6. The van der Waals surface area contributed by atoms with Gasteiger partial charge in [0.15, 0.2) is 14.4 Å². The van der Waals surface area contributed by atoms with Crippen molar-refractivity contribution in [3.63, 3.8) is 0 Å². The molecule has 0 saturated carbocycles. The maximum atomic E-state index is 12.2. The Labute approximate surface area is 164 Å². The Morgan fingerprint density at radius 3 is 2.37 bits per heavy atom. The van der Waals surface area contributed by atoms with Crippen LogP contribution in [0.4, 0.5) is 5.69 Å². The second-order valence-corrected chi connectivity index (χ2v) is 12.5. The molecular weight excluding hydrogens is 358 g/mol. The minimum atomic E-state index is -1.77. The van der Waals surface area contributed by atoms with Crippen LogP contribution in [0.2, 0.25) is 18.1 Å². The first-order valence-corrected chi connectivity index (χ1v) is 12.2. The molecule has 27 heavy (non-hydrogen) atoms. The van der Waals surface area contributed by atoms with Gasteiger partial charge in [-0.25, -0.2) is 4.79 Å². The first-order valence-electron chi connectivity index (χ1n) is 9.30. The van der Waals surface area contributed by atoms with Gasteiger partial charge in [-0.3, -0.25) is 0 Å². The Hall–Kier alpha value is -1.97. The number of hydrogen-bond donors (Lipinski definition) is 1. The molecule has 5 nitrogen and oxygen atoms in total. The summed E-state index contributed by atoms with van der Waals surface area (Å²) >= 11 is 0. The molecule has 6 heteroatoms. The molecule has 0 bridgehead atoms.